The van der Waals surface area contributed by atoms with Gasteiger partial charge in [-0.05, 0) is 45.4 Å². The van der Waals surface area contributed by atoms with Crippen molar-refractivity contribution in [3.8, 4) is 0 Å². The molecule has 0 rings (SSSR count). The van der Waals surface area contributed by atoms with Gasteiger partial charge >= 0.3 is 0 Å². The number of hydrogen-bond donors (Lipinski definition) is 0. The Hall–Kier alpha value is -0.0800. The first-order valence-electron chi connectivity index (χ1n) is 6.84. The second-order valence-electron chi connectivity index (χ2n) is 5.21. The molecule has 0 aromatic heterocycles. The third kappa shape index (κ3) is 7.77. The zero-order valence-corrected chi connectivity index (χ0v) is 12.0. The van der Waals surface area contributed by atoms with Crippen LogP contribution in [0.1, 0.15) is 39.0 Å². The lowest BCUT2D eigenvalue weighted by Crippen LogP contribution is -2.46. The van der Waals surface area contributed by atoms with E-state index in [0.29, 0.717) is 0 Å². The highest BCUT2D eigenvalue weighted by atomic mass is 16.5. The lowest BCUT2D eigenvalue weighted by atomic mass is 9.98. The van der Waals surface area contributed by atoms with E-state index in [1.54, 1.807) is 7.11 Å². The summed E-state index contributed by atoms with van der Waals surface area (Å²) in [6.07, 6.45) is 5.12. The normalized spacial score (nSPS) is 13.9. The summed E-state index contributed by atoms with van der Waals surface area (Å²) in [7, 11) is 4.04. The smallest absolute Gasteiger partial charge is 0.0787 e. The molecule has 0 saturated carbocycles. The topological polar surface area (TPSA) is 9.23 Å². The van der Waals surface area contributed by atoms with E-state index in [4.69, 9.17) is 18.6 Å². The van der Waals surface area contributed by atoms with Crippen LogP contribution in [-0.4, -0.2) is 44.9 Å². The summed E-state index contributed by atoms with van der Waals surface area (Å²) in [5.74, 6) is 0.767. The molecule has 0 aliphatic heterocycles. The molecule has 0 spiro atoms. The van der Waals surface area contributed by atoms with Gasteiger partial charge < -0.3 is 9.22 Å². The molecule has 0 N–H and O–H groups in total. The molecule has 100 valence electrons. The predicted octanol–water partition coefficient (Wildman–Crippen LogP) is 3.09. The van der Waals surface area contributed by atoms with E-state index in [1.165, 1.54) is 19.4 Å². The van der Waals surface area contributed by atoms with Crippen molar-refractivity contribution in [1.82, 2.24) is 0 Å². The van der Waals surface area contributed by atoms with E-state index in [0.717, 1.165) is 49.4 Å². The molecule has 17 heavy (non-hydrogen) atoms. The van der Waals surface area contributed by atoms with Crippen LogP contribution in [0.2, 0.25) is 0 Å². The third-order valence-electron chi connectivity index (χ3n) is 3.72. The van der Waals surface area contributed by atoms with Gasteiger partial charge in [-0.25, -0.2) is 0 Å². The lowest BCUT2D eigenvalue weighted by molar-refractivity contribution is -0.909. The monoisotopic (exact) mass is 240 g/mol. The Bertz CT molecular complexity index is 164. The van der Waals surface area contributed by atoms with Crippen molar-refractivity contribution in [3.63, 3.8) is 0 Å². The van der Waals surface area contributed by atoms with E-state index in [2.05, 4.69) is 14.0 Å². The molecule has 0 fully saturated rings. The van der Waals surface area contributed by atoms with Crippen LogP contribution in [0, 0.1) is 19.8 Å². The van der Waals surface area contributed by atoms with Crippen LogP contribution < -0.4 is 0 Å². The average Bonchev–Trinajstić information content (AvgIpc) is 2.30. The van der Waals surface area contributed by atoms with Gasteiger partial charge in [0.05, 0.1) is 26.7 Å². The molecule has 0 heterocycles. The minimum Gasteiger partial charge on any atom is -0.385 e. The standard InChI is InChI=1S/C15H30NO/c1-6-11-16(4,12-7-2)13-9-15(8-3)10-14-17-5/h1-2,15H,6-14H2,3-5H3/q+1. The van der Waals surface area contributed by atoms with Crippen molar-refractivity contribution >= 4 is 0 Å². The Morgan fingerprint density at radius 3 is 2.06 bits per heavy atom. The summed E-state index contributed by atoms with van der Waals surface area (Å²) in [6, 6.07) is 0. The molecule has 1 atom stereocenters. The molecular weight excluding hydrogens is 210 g/mol. The maximum absolute atomic E-state index is 5.69. The fourth-order valence-corrected chi connectivity index (χ4v) is 2.29. The van der Waals surface area contributed by atoms with Crippen LogP contribution in [0.15, 0.2) is 0 Å². The van der Waals surface area contributed by atoms with Crippen LogP contribution in [-0.2, 0) is 4.74 Å². The lowest BCUT2D eigenvalue weighted by Gasteiger charge is -2.35. The third-order valence-corrected chi connectivity index (χ3v) is 3.72. The summed E-state index contributed by atoms with van der Waals surface area (Å²) in [5.41, 5.74) is 0. The summed E-state index contributed by atoms with van der Waals surface area (Å²) >= 11 is 0. The highest BCUT2D eigenvalue weighted by Crippen LogP contribution is 2.17. The van der Waals surface area contributed by atoms with E-state index in [1.807, 2.05) is 0 Å². The first kappa shape index (κ1) is 16.9. The van der Waals surface area contributed by atoms with E-state index in [-0.39, 0.29) is 0 Å². The second kappa shape index (κ2) is 9.90. The van der Waals surface area contributed by atoms with Crippen LogP contribution >= 0.6 is 0 Å². The molecule has 0 aromatic carbocycles. The number of rotatable bonds is 11. The average molecular weight is 240 g/mol. The zero-order chi connectivity index (χ0) is 13.1. The van der Waals surface area contributed by atoms with Crippen LogP contribution in [0.4, 0.5) is 0 Å². The molecule has 4 radical (unpaired) electrons. The van der Waals surface area contributed by atoms with Gasteiger partial charge in [0.15, 0.2) is 0 Å². The molecule has 0 bridgehead atoms. The molecule has 0 amide bonds. The number of quaternary nitrogens is 1. The van der Waals surface area contributed by atoms with Gasteiger partial charge in [0, 0.05) is 13.7 Å². The summed E-state index contributed by atoms with van der Waals surface area (Å²) in [4.78, 5) is 0. The Labute approximate surface area is 109 Å². The molecule has 0 saturated heterocycles. The summed E-state index contributed by atoms with van der Waals surface area (Å²) in [5, 5.41) is 0. The van der Waals surface area contributed by atoms with E-state index < -0.39 is 0 Å². The first-order valence-corrected chi connectivity index (χ1v) is 6.84. The van der Waals surface area contributed by atoms with E-state index in [9.17, 15) is 0 Å². The van der Waals surface area contributed by atoms with Crippen molar-refractivity contribution in [2.24, 2.45) is 5.92 Å². The minimum atomic E-state index is 0.741. The molecule has 1 unspecified atom stereocenters. The van der Waals surface area contributed by atoms with Gasteiger partial charge in [-0.1, -0.05) is 13.3 Å². The van der Waals surface area contributed by atoms with Gasteiger partial charge in [0.25, 0.3) is 0 Å². The number of hydrogen-bond acceptors (Lipinski definition) is 1. The predicted molar refractivity (Wildman–Crippen MR) is 73.5 cm³/mol. The zero-order valence-electron chi connectivity index (χ0n) is 12.0. The van der Waals surface area contributed by atoms with Gasteiger partial charge in [-0.3, -0.25) is 0 Å². The van der Waals surface area contributed by atoms with Gasteiger partial charge in [-0.2, -0.15) is 0 Å². The first-order chi connectivity index (χ1) is 8.11. The van der Waals surface area contributed by atoms with Gasteiger partial charge in [0.2, 0.25) is 0 Å². The molecule has 2 nitrogen and oxygen atoms in total. The number of nitrogens with zero attached hydrogens (tertiary/aromatic N) is 1. The maximum Gasteiger partial charge on any atom is 0.0787 e. The second-order valence-corrected chi connectivity index (χ2v) is 5.21. The fourth-order valence-electron chi connectivity index (χ4n) is 2.29. The molecule has 0 aliphatic carbocycles. The highest BCUT2D eigenvalue weighted by Gasteiger charge is 2.20. The Kier molecular flexibility index (Phi) is 9.85. The van der Waals surface area contributed by atoms with Crippen molar-refractivity contribution in [1.29, 1.82) is 0 Å². The molecule has 2 heteroatoms. The van der Waals surface area contributed by atoms with Crippen molar-refractivity contribution in [2.45, 2.75) is 39.0 Å². The molecule has 0 aromatic rings. The van der Waals surface area contributed by atoms with Gasteiger partial charge in [-0.15, -0.1) is 0 Å². The van der Waals surface area contributed by atoms with Crippen molar-refractivity contribution in [3.05, 3.63) is 13.8 Å². The maximum atomic E-state index is 5.69. The van der Waals surface area contributed by atoms with Crippen molar-refractivity contribution < 1.29 is 9.22 Å². The number of methoxy groups -OCH3 is 1. The van der Waals surface area contributed by atoms with Crippen LogP contribution in [0.5, 0.6) is 0 Å². The van der Waals surface area contributed by atoms with E-state index >= 15 is 0 Å². The Morgan fingerprint density at radius 1 is 1.06 bits per heavy atom. The quantitative estimate of drug-likeness (QED) is 0.504. The Morgan fingerprint density at radius 2 is 1.65 bits per heavy atom. The minimum absolute atomic E-state index is 0.741. The summed E-state index contributed by atoms with van der Waals surface area (Å²) in [6.45, 7) is 17.7. The fraction of sp³-hybridized carbons (Fsp3) is 0.867. The largest absolute Gasteiger partial charge is 0.385 e. The SMILES string of the molecule is [CH]CC[N+](C)(CC[CH])CCC(CC)CCOC. The molecular formula is C15H30NO+. The van der Waals surface area contributed by atoms with Crippen LogP contribution in [0.3, 0.4) is 0 Å². The Balaban J connectivity index is 4.07. The molecule has 0 aliphatic rings. The van der Waals surface area contributed by atoms with Crippen LogP contribution in [0.25, 0.3) is 0 Å². The summed E-state index contributed by atoms with van der Waals surface area (Å²) < 4.78 is 6.17. The van der Waals surface area contributed by atoms with Gasteiger partial charge in [0.1, 0.15) is 0 Å². The van der Waals surface area contributed by atoms with Crippen molar-refractivity contribution in [2.75, 3.05) is 40.4 Å². The number of ether oxygens (including phenoxy) is 1. The highest BCUT2D eigenvalue weighted by molar-refractivity contribution is 4.58.